The predicted molar refractivity (Wildman–Crippen MR) is 104 cm³/mol. The molecule has 0 radical (unpaired) electrons. The Balaban J connectivity index is 0.000000151. The van der Waals surface area contributed by atoms with Crippen LogP contribution in [-0.4, -0.2) is 44.4 Å². The number of aromatic amines is 2. The Kier molecular flexibility index (Phi) is 4.90. The average Bonchev–Trinajstić information content (AvgIpc) is 3.31. The molecule has 0 unspecified atom stereocenters. The van der Waals surface area contributed by atoms with Gasteiger partial charge in [-0.2, -0.15) is 15.0 Å². The van der Waals surface area contributed by atoms with Crippen molar-refractivity contribution in [3.8, 4) is 5.82 Å². The molecule has 28 heavy (non-hydrogen) atoms. The van der Waals surface area contributed by atoms with Gasteiger partial charge in [-0.15, -0.1) is 0 Å². The topological polar surface area (TPSA) is 131 Å². The van der Waals surface area contributed by atoms with Gasteiger partial charge in [-0.1, -0.05) is 11.6 Å². The summed E-state index contributed by atoms with van der Waals surface area (Å²) in [6.45, 7) is 0. The molecule has 0 saturated carbocycles. The van der Waals surface area contributed by atoms with E-state index in [1.165, 1.54) is 24.8 Å². The first kappa shape index (κ1) is 18.3. The van der Waals surface area contributed by atoms with Gasteiger partial charge in [0.15, 0.2) is 27.7 Å². The fraction of sp³-hybridized carbons (Fsp3) is 0. The zero-order valence-electron chi connectivity index (χ0n) is 13.6. The van der Waals surface area contributed by atoms with Crippen molar-refractivity contribution < 1.29 is 0 Å². The Morgan fingerprint density at radius 3 is 2.04 bits per heavy atom. The largest absolute Gasteiger partial charge is 0.341 e. The standard InChI is InChI=1S/C10H6ClN5O.C5H2Cl2N4/c11-10-14-8-7(12-5-13-8)9(15-10)16-3-1-6(17)2-4-16;6-3-2-4(9-1-8-2)11-5(7)10-3/h1-5H,(H,12,13,14,15);1H,(H,8,9,10,11). The molecule has 0 spiro atoms. The maximum Gasteiger partial charge on any atom is 0.226 e. The van der Waals surface area contributed by atoms with Crippen molar-refractivity contribution in [3.63, 3.8) is 0 Å². The second-order valence-electron chi connectivity index (χ2n) is 5.24. The number of imidazole rings is 2. The van der Waals surface area contributed by atoms with E-state index >= 15 is 0 Å². The van der Waals surface area contributed by atoms with E-state index in [0.717, 1.165) is 0 Å². The first-order valence-corrected chi connectivity index (χ1v) is 8.72. The lowest BCUT2D eigenvalue weighted by Gasteiger charge is -2.05. The predicted octanol–water partition coefficient (Wildman–Crippen LogP) is 2.82. The minimum Gasteiger partial charge on any atom is -0.341 e. The molecular formula is C15H8Cl3N9O. The lowest BCUT2D eigenvalue weighted by molar-refractivity contribution is 0.975. The van der Waals surface area contributed by atoms with Crippen LogP contribution in [0.4, 0.5) is 0 Å². The number of H-pyrrole nitrogens is 2. The van der Waals surface area contributed by atoms with Crippen molar-refractivity contribution in [1.82, 2.24) is 44.4 Å². The highest BCUT2D eigenvalue weighted by Gasteiger charge is 2.09. The van der Waals surface area contributed by atoms with E-state index in [-0.39, 0.29) is 21.1 Å². The summed E-state index contributed by atoms with van der Waals surface area (Å²) in [5.41, 5.74) is 2.17. The van der Waals surface area contributed by atoms with Crippen molar-refractivity contribution >= 4 is 57.1 Å². The number of halogens is 3. The second kappa shape index (κ2) is 7.50. The van der Waals surface area contributed by atoms with E-state index in [9.17, 15) is 4.79 Å². The Morgan fingerprint density at radius 2 is 1.36 bits per heavy atom. The molecule has 0 aromatic carbocycles. The van der Waals surface area contributed by atoms with Crippen LogP contribution in [0.2, 0.25) is 15.7 Å². The number of fused-ring (bicyclic) bond motifs is 2. The van der Waals surface area contributed by atoms with Crippen LogP contribution < -0.4 is 5.43 Å². The molecule has 13 heteroatoms. The summed E-state index contributed by atoms with van der Waals surface area (Å²) in [6, 6.07) is 2.89. The number of nitrogens with one attached hydrogen (secondary N) is 2. The molecule has 0 saturated heterocycles. The Labute approximate surface area is 170 Å². The molecule has 10 nitrogen and oxygen atoms in total. The lowest BCUT2D eigenvalue weighted by atomic mass is 10.4. The van der Waals surface area contributed by atoms with Crippen molar-refractivity contribution in [1.29, 1.82) is 0 Å². The third kappa shape index (κ3) is 3.65. The van der Waals surface area contributed by atoms with Crippen LogP contribution in [0.1, 0.15) is 0 Å². The first-order chi connectivity index (χ1) is 13.5. The molecule has 0 aliphatic rings. The summed E-state index contributed by atoms with van der Waals surface area (Å²) in [5.74, 6) is 0.553. The van der Waals surface area contributed by atoms with Gasteiger partial charge in [0.25, 0.3) is 0 Å². The Hall–Kier alpha value is -3.08. The normalized spacial score (nSPS) is 10.8. The third-order valence-corrected chi connectivity index (χ3v) is 4.11. The Bertz CT molecular complexity index is 1320. The lowest BCUT2D eigenvalue weighted by Crippen LogP contribution is -2.04. The van der Waals surface area contributed by atoms with Gasteiger partial charge in [0.1, 0.15) is 11.0 Å². The maximum atomic E-state index is 11.0. The van der Waals surface area contributed by atoms with Gasteiger partial charge in [-0.25, -0.2) is 15.0 Å². The summed E-state index contributed by atoms with van der Waals surface area (Å²) in [5, 5.41) is 0.505. The van der Waals surface area contributed by atoms with Crippen molar-refractivity contribution in [2.75, 3.05) is 0 Å². The van der Waals surface area contributed by atoms with Crippen LogP contribution >= 0.6 is 34.8 Å². The molecule has 0 aliphatic heterocycles. The molecule has 2 N–H and O–H groups in total. The van der Waals surface area contributed by atoms with Crippen molar-refractivity contribution in [2.24, 2.45) is 0 Å². The molecule has 5 aromatic rings. The van der Waals surface area contributed by atoms with E-state index < -0.39 is 0 Å². The minimum atomic E-state index is -0.0674. The number of rotatable bonds is 1. The van der Waals surface area contributed by atoms with E-state index in [4.69, 9.17) is 34.8 Å². The van der Waals surface area contributed by atoms with Crippen LogP contribution in [0.15, 0.2) is 42.0 Å². The molecule has 0 bridgehead atoms. The zero-order valence-corrected chi connectivity index (χ0v) is 15.9. The molecule has 5 aromatic heterocycles. The number of aromatic nitrogens is 9. The molecule has 0 atom stereocenters. The van der Waals surface area contributed by atoms with Crippen molar-refractivity contribution in [3.05, 3.63) is 63.1 Å². The van der Waals surface area contributed by atoms with Crippen LogP contribution in [0.3, 0.4) is 0 Å². The van der Waals surface area contributed by atoms with Crippen LogP contribution in [0, 0.1) is 0 Å². The minimum absolute atomic E-state index is 0.0674. The summed E-state index contributed by atoms with van der Waals surface area (Å²) >= 11 is 17.0. The van der Waals surface area contributed by atoms with Gasteiger partial charge in [-0.05, 0) is 23.2 Å². The molecule has 0 fully saturated rings. The highest BCUT2D eigenvalue weighted by Crippen LogP contribution is 2.18. The summed E-state index contributed by atoms with van der Waals surface area (Å²) in [6.07, 6.45) is 6.23. The summed E-state index contributed by atoms with van der Waals surface area (Å²) in [7, 11) is 0. The highest BCUT2D eigenvalue weighted by atomic mass is 35.5. The molecular weight excluding hydrogens is 429 g/mol. The SMILES string of the molecule is Clc1nc(Cl)c2[nH]cnc2n1.O=c1ccn(-c2nc(Cl)nc3nc[nH]c23)cc1. The third-order valence-electron chi connectivity index (χ3n) is 3.50. The quantitative estimate of drug-likeness (QED) is 0.305. The average molecular weight is 437 g/mol. The molecule has 0 amide bonds. The summed E-state index contributed by atoms with van der Waals surface area (Å²) in [4.78, 5) is 40.3. The number of nitrogens with zero attached hydrogens (tertiary/aromatic N) is 7. The molecule has 5 heterocycles. The Morgan fingerprint density at radius 1 is 0.786 bits per heavy atom. The van der Waals surface area contributed by atoms with Crippen LogP contribution in [0.25, 0.3) is 28.1 Å². The molecule has 140 valence electrons. The van der Waals surface area contributed by atoms with Crippen LogP contribution in [-0.2, 0) is 0 Å². The van der Waals surface area contributed by atoms with Crippen LogP contribution in [0.5, 0.6) is 0 Å². The number of hydrogen-bond donors (Lipinski definition) is 2. The van der Waals surface area contributed by atoms with E-state index in [2.05, 4.69) is 39.9 Å². The first-order valence-electron chi connectivity index (χ1n) is 7.58. The van der Waals surface area contributed by atoms with Gasteiger partial charge < -0.3 is 14.5 Å². The molecule has 5 rings (SSSR count). The van der Waals surface area contributed by atoms with Gasteiger partial charge >= 0.3 is 0 Å². The van der Waals surface area contributed by atoms with Gasteiger partial charge in [0, 0.05) is 24.5 Å². The highest BCUT2D eigenvalue weighted by molar-refractivity contribution is 6.35. The van der Waals surface area contributed by atoms with Gasteiger partial charge in [-0.3, -0.25) is 4.79 Å². The van der Waals surface area contributed by atoms with Crippen molar-refractivity contribution in [2.45, 2.75) is 0 Å². The zero-order chi connectivity index (χ0) is 19.7. The molecule has 0 aliphatic carbocycles. The monoisotopic (exact) mass is 435 g/mol. The fourth-order valence-electron chi connectivity index (χ4n) is 2.31. The summed E-state index contributed by atoms with van der Waals surface area (Å²) < 4.78 is 1.68. The number of pyridine rings is 1. The van der Waals surface area contributed by atoms with E-state index in [0.29, 0.717) is 28.1 Å². The smallest absolute Gasteiger partial charge is 0.226 e. The fourth-order valence-corrected chi connectivity index (χ4v) is 2.89. The second-order valence-corrected chi connectivity index (χ2v) is 6.28. The number of hydrogen-bond acceptors (Lipinski definition) is 7. The van der Waals surface area contributed by atoms with Gasteiger partial charge in [0.2, 0.25) is 10.6 Å². The maximum absolute atomic E-state index is 11.0. The van der Waals surface area contributed by atoms with E-state index in [1.54, 1.807) is 17.0 Å². The van der Waals surface area contributed by atoms with Gasteiger partial charge in [0.05, 0.1) is 12.7 Å². The van der Waals surface area contributed by atoms with E-state index in [1.807, 2.05) is 0 Å².